The molecule has 1 aromatic rings. The summed E-state index contributed by atoms with van der Waals surface area (Å²) >= 11 is 0. The minimum absolute atomic E-state index is 1.07. The van der Waals surface area contributed by atoms with Crippen LogP contribution in [0.1, 0.15) is 18.7 Å². The van der Waals surface area contributed by atoms with Crippen LogP contribution in [0.15, 0.2) is 12.4 Å². The van der Waals surface area contributed by atoms with E-state index in [1.807, 2.05) is 17.0 Å². The fourth-order valence-electron chi connectivity index (χ4n) is 1.11. The van der Waals surface area contributed by atoms with Crippen molar-refractivity contribution in [2.45, 2.75) is 19.3 Å². The van der Waals surface area contributed by atoms with Gasteiger partial charge < -0.3 is 4.57 Å². The smallest absolute Gasteiger partial charge is 0.109 e. The van der Waals surface area contributed by atoms with Crippen molar-refractivity contribution in [1.29, 1.82) is 0 Å². The number of imidazole rings is 1. The molecule has 1 aliphatic heterocycles. The zero-order chi connectivity index (χ0) is 6.10. The molecule has 1 aliphatic rings. The van der Waals surface area contributed by atoms with Gasteiger partial charge in [0.25, 0.3) is 0 Å². The first-order valence-electron chi connectivity index (χ1n) is 3.23. The summed E-state index contributed by atoms with van der Waals surface area (Å²) in [6.07, 6.45) is 7.17. The van der Waals surface area contributed by atoms with Crippen molar-refractivity contribution in [3.05, 3.63) is 24.8 Å². The minimum Gasteiger partial charge on any atom is -0.324 e. The number of nitrogens with zero attached hydrogens (tertiary/aromatic N) is 2. The number of fused-ring (bicyclic) bond motifs is 1. The van der Waals surface area contributed by atoms with Crippen LogP contribution in [0, 0.1) is 6.54 Å². The van der Waals surface area contributed by atoms with Crippen LogP contribution >= 0.6 is 0 Å². The van der Waals surface area contributed by atoms with Crippen molar-refractivity contribution in [1.82, 2.24) is 9.55 Å². The van der Waals surface area contributed by atoms with Gasteiger partial charge in [-0.15, -0.1) is 0 Å². The van der Waals surface area contributed by atoms with Crippen molar-refractivity contribution in [3.8, 4) is 0 Å². The highest BCUT2D eigenvalue weighted by atomic mass is 15.1. The Kier molecular flexibility index (Phi) is 1.04. The zero-order valence-corrected chi connectivity index (χ0v) is 5.17. The topological polar surface area (TPSA) is 17.8 Å². The fourth-order valence-corrected chi connectivity index (χ4v) is 1.11. The van der Waals surface area contributed by atoms with Gasteiger partial charge in [-0.2, -0.15) is 0 Å². The fraction of sp³-hybridized carbons (Fsp3) is 0.429. The van der Waals surface area contributed by atoms with Crippen molar-refractivity contribution in [2.75, 3.05) is 0 Å². The molecule has 0 unspecified atom stereocenters. The van der Waals surface area contributed by atoms with Crippen LogP contribution in [-0.4, -0.2) is 9.55 Å². The summed E-state index contributed by atoms with van der Waals surface area (Å²) in [6.45, 7) is 3.20. The molecule has 2 heterocycles. The van der Waals surface area contributed by atoms with Crippen molar-refractivity contribution >= 4 is 0 Å². The molecule has 0 fully saturated rings. The molecular formula is C7H8N2. The van der Waals surface area contributed by atoms with E-state index in [1.54, 1.807) is 0 Å². The Morgan fingerprint density at radius 3 is 3.56 bits per heavy atom. The molecule has 0 saturated carbocycles. The quantitative estimate of drug-likeness (QED) is 0.501. The molecule has 1 aromatic heterocycles. The second-order valence-corrected chi connectivity index (χ2v) is 2.23. The van der Waals surface area contributed by atoms with E-state index in [0.717, 1.165) is 18.7 Å². The first kappa shape index (κ1) is 5.03. The van der Waals surface area contributed by atoms with Gasteiger partial charge in [-0.05, 0) is 12.8 Å². The molecule has 0 amide bonds. The molecule has 9 heavy (non-hydrogen) atoms. The highest BCUT2D eigenvalue weighted by Gasteiger charge is 2.07. The Morgan fingerprint density at radius 2 is 2.67 bits per heavy atom. The molecule has 0 aliphatic carbocycles. The largest absolute Gasteiger partial charge is 0.324 e. The Labute approximate surface area is 54.5 Å². The highest BCUT2D eigenvalue weighted by Crippen LogP contribution is 2.12. The molecule has 0 aromatic carbocycles. The second-order valence-electron chi connectivity index (χ2n) is 2.23. The average molecular weight is 120 g/mol. The van der Waals surface area contributed by atoms with E-state index >= 15 is 0 Å². The van der Waals surface area contributed by atoms with Crippen LogP contribution in [-0.2, 0) is 6.42 Å². The van der Waals surface area contributed by atoms with Crippen LogP contribution < -0.4 is 0 Å². The first-order chi connectivity index (χ1) is 4.47. The molecule has 0 spiro atoms. The summed E-state index contributed by atoms with van der Waals surface area (Å²) in [5.41, 5.74) is 0. The molecule has 2 heteroatoms. The molecule has 0 saturated heterocycles. The zero-order valence-electron chi connectivity index (χ0n) is 5.17. The van der Waals surface area contributed by atoms with E-state index in [2.05, 4.69) is 11.5 Å². The summed E-state index contributed by atoms with van der Waals surface area (Å²) in [6, 6.07) is 0. The Morgan fingerprint density at radius 1 is 1.67 bits per heavy atom. The van der Waals surface area contributed by atoms with Crippen LogP contribution in [0.25, 0.3) is 0 Å². The SMILES string of the molecule is [C]1CCCc2nccn21. The number of hydrogen-bond donors (Lipinski definition) is 0. The van der Waals surface area contributed by atoms with Gasteiger partial charge in [0.15, 0.2) is 0 Å². The Balaban J connectivity index is 2.39. The molecule has 0 N–H and O–H groups in total. The van der Waals surface area contributed by atoms with Crippen molar-refractivity contribution < 1.29 is 0 Å². The van der Waals surface area contributed by atoms with Gasteiger partial charge in [0.05, 0.1) is 6.54 Å². The van der Waals surface area contributed by atoms with Gasteiger partial charge in [0.2, 0.25) is 0 Å². The van der Waals surface area contributed by atoms with Gasteiger partial charge in [0.1, 0.15) is 5.82 Å². The molecule has 0 atom stereocenters. The van der Waals surface area contributed by atoms with E-state index in [1.165, 1.54) is 6.42 Å². The lowest BCUT2D eigenvalue weighted by atomic mass is 10.2. The van der Waals surface area contributed by atoms with Gasteiger partial charge in [-0.1, -0.05) is 0 Å². The maximum absolute atomic E-state index is 4.16. The van der Waals surface area contributed by atoms with Gasteiger partial charge in [-0.25, -0.2) is 4.98 Å². The summed E-state index contributed by atoms with van der Waals surface area (Å²) in [5.74, 6) is 1.15. The molecule has 2 radical (unpaired) electrons. The van der Waals surface area contributed by atoms with Gasteiger partial charge >= 0.3 is 0 Å². The average Bonchev–Trinajstić information content (AvgIpc) is 2.33. The van der Waals surface area contributed by atoms with Crippen molar-refractivity contribution in [3.63, 3.8) is 0 Å². The van der Waals surface area contributed by atoms with E-state index in [0.29, 0.717) is 0 Å². The standard InChI is InChI=1S/C7H8N2/c1-2-5-9-6-4-8-7(9)3-1/h4,6H,1-3H2. The number of rotatable bonds is 0. The van der Waals surface area contributed by atoms with Crippen LogP contribution in [0.5, 0.6) is 0 Å². The normalized spacial score (nSPS) is 17.3. The van der Waals surface area contributed by atoms with Gasteiger partial charge in [-0.3, -0.25) is 0 Å². The van der Waals surface area contributed by atoms with E-state index in [4.69, 9.17) is 0 Å². The maximum Gasteiger partial charge on any atom is 0.109 e. The molecule has 0 bridgehead atoms. The van der Waals surface area contributed by atoms with E-state index < -0.39 is 0 Å². The molecular weight excluding hydrogens is 112 g/mol. The highest BCUT2D eigenvalue weighted by molar-refractivity contribution is 5.00. The maximum atomic E-state index is 4.16. The van der Waals surface area contributed by atoms with Gasteiger partial charge in [0, 0.05) is 18.8 Å². The minimum atomic E-state index is 1.07. The van der Waals surface area contributed by atoms with Crippen LogP contribution in [0.4, 0.5) is 0 Å². The van der Waals surface area contributed by atoms with Crippen LogP contribution in [0.3, 0.4) is 0 Å². The summed E-state index contributed by atoms with van der Waals surface area (Å²) < 4.78 is 1.99. The third kappa shape index (κ3) is 0.745. The first-order valence-corrected chi connectivity index (χ1v) is 3.23. The number of aryl methyl sites for hydroxylation is 1. The third-order valence-corrected chi connectivity index (χ3v) is 1.58. The lowest BCUT2D eigenvalue weighted by molar-refractivity contribution is 0.639. The number of hydrogen-bond acceptors (Lipinski definition) is 1. The van der Waals surface area contributed by atoms with Crippen LogP contribution in [0.2, 0.25) is 0 Å². The Hall–Kier alpha value is -0.790. The lowest BCUT2D eigenvalue weighted by Gasteiger charge is -2.10. The summed E-state index contributed by atoms with van der Waals surface area (Å²) in [5, 5.41) is 0. The Bertz CT molecular complexity index is 182. The molecule has 2 rings (SSSR count). The predicted octanol–water partition coefficient (Wildman–Crippen LogP) is 1.11. The molecule has 46 valence electrons. The van der Waals surface area contributed by atoms with Crippen molar-refractivity contribution in [2.24, 2.45) is 0 Å². The summed E-state index contributed by atoms with van der Waals surface area (Å²) in [7, 11) is 0. The molecule has 2 nitrogen and oxygen atoms in total. The van der Waals surface area contributed by atoms with E-state index in [9.17, 15) is 0 Å². The third-order valence-electron chi connectivity index (χ3n) is 1.58. The summed E-state index contributed by atoms with van der Waals surface area (Å²) in [4.78, 5) is 4.16. The lowest BCUT2D eigenvalue weighted by Crippen LogP contribution is -2.06. The monoisotopic (exact) mass is 120 g/mol. The predicted molar refractivity (Wildman–Crippen MR) is 33.8 cm³/mol. The van der Waals surface area contributed by atoms with E-state index in [-0.39, 0.29) is 0 Å². The number of aromatic nitrogens is 2. The second kappa shape index (κ2) is 1.87.